The minimum Gasteiger partial charge on any atom is -0.319 e. The van der Waals surface area contributed by atoms with Crippen LogP contribution in [0.4, 0.5) is 0 Å². The van der Waals surface area contributed by atoms with Gasteiger partial charge in [-0.05, 0) is 33.7 Å². The van der Waals surface area contributed by atoms with E-state index in [1.165, 1.54) is 19.3 Å². The number of amides is 1. The summed E-state index contributed by atoms with van der Waals surface area (Å²) in [4.78, 5) is 11.6. The van der Waals surface area contributed by atoms with E-state index in [0.29, 0.717) is 18.5 Å². The van der Waals surface area contributed by atoms with E-state index in [1.807, 2.05) is 7.05 Å². The van der Waals surface area contributed by atoms with Crippen molar-refractivity contribution in [3.8, 4) is 0 Å². The lowest BCUT2D eigenvalue weighted by molar-refractivity contribution is -0.129. The largest absolute Gasteiger partial charge is 0.319 e. The van der Waals surface area contributed by atoms with Crippen molar-refractivity contribution in [1.82, 2.24) is 15.8 Å². The van der Waals surface area contributed by atoms with Crippen LogP contribution in [-0.4, -0.2) is 36.6 Å². The number of carbonyl (C=O) groups excluding carboxylic acids is 1. The average Bonchev–Trinajstić information content (AvgIpc) is 2.21. The SMILES string of the molecule is CNCCC(=O)NN1C(C)CCCC1C. The first-order chi connectivity index (χ1) is 7.15. The van der Waals surface area contributed by atoms with Crippen molar-refractivity contribution in [1.29, 1.82) is 0 Å². The molecule has 0 aromatic rings. The Bertz CT molecular complexity index is 198. The van der Waals surface area contributed by atoms with Crippen LogP contribution in [0.25, 0.3) is 0 Å². The van der Waals surface area contributed by atoms with Gasteiger partial charge < -0.3 is 5.32 Å². The molecule has 2 N–H and O–H groups in total. The van der Waals surface area contributed by atoms with Gasteiger partial charge >= 0.3 is 0 Å². The molecule has 0 aliphatic carbocycles. The van der Waals surface area contributed by atoms with E-state index in [-0.39, 0.29) is 5.91 Å². The lowest BCUT2D eigenvalue weighted by atomic mass is 10.00. The molecule has 0 radical (unpaired) electrons. The van der Waals surface area contributed by atoms with E-state index in [1.54, 1.807) is 0 Å². The third-order valence-corrected chi connectivity index (χ3v) is 3.05. The minimum absolute atomic E-state index is 0.116. The lowest BCUT2D eigenvalue weighted by Gasteiger charge is -2.38. The number of rotatable bonds is 4. The smallest absolute Gasteiger partial charge is 0.235 e. The zero-order valence-electron chi connectivity index (χ0n) is 10.0. The maximum atomic E-state index is 11.6. The van der Waals surface area contributed by atoms with Gasteiger partial charge in [0.25, 0.3) is 0 Å². The third-order valence-electron chi connectivity index (χ3n) is 3.05. The summed E-state index contributed by atoms with van der Waals surface area (Å²) in [5.41, 5.74) is 3.01. The topological polar surface area (TPSA) is 44.4 Å². The zero-order chi connectivity index (χ0) is 11.3. The molecule has 1 amide bonds. The number of piperidine rings is 1. The van der Waals surface area contributed by atoms with Crippen LogP contribution in [0.3, 0.4) is 0 Å². The Hall–Kier alpha value is -0.610. The molecule has 0 saturated carbocycles. The highest BCUT2D eigenvalue weighted by Gasteiger charge is 2.25. The summed E-state index contributed by atoms with van der Waals surface area (Å²) >= 11 is 0. The Kier molecular flexibility index (Phi) is 5.05. The molecule has 4 nitrogen and oxygen atoms in total. The Morgan fingerprint density at radius 2 is 1.93 bits per heavy atom. The van der Waals surface area contributed by atoms with Gasteiger partial charge in [0.05, 0.1) is 0 Å². The Balaban J connectivity index is 2.37. The number of hydrazine groups is 1. The van der Waals surface area contributed by atoms with Crippen molar-refractivity contribution in [2.75, 3.05) is 13.6 Å². The standard InChI is InChI=1S/C11H23N3O/c1-9-5-4-6-10(2)14(9)13-11(15)7-8-12-3/h9-10,12H,4-8H2,1-3H3,(H,13,15). The van der Waals surface area contributed by atoms with E-state index in [4.69, 9.17) is 0 Å². The van der Waals surface area contributed by atoms with Crippen molar-refractivity contribution in [3.63, 3.8) is 0 Å². The molecule has 2 unspecified atom stereocenters. The number of carbonyl (C=O) groups is 1. The molecule has 0 bridgehead atoms. The molecule has 4 heteroatoms. The highest BCUT2D eigenvalue weighted by Crippen LogP contribution is 2.20. The number of nitrogens with one attached hydrogen (secondary N) is 2. The summed E-state index contributed by atoms with van der Waals surface area (Å²) in [6, 6.07) is 0.930. The second kappa shape index (κ2) is 6.08. The first kappa shape index (κ1) is 12.5. The van der Waals surface area contributed by atoms with Gasteiger partial charge in [-0.2, -0.15) is 0 Å². The molecule has 0 spiro atoms. The van der Waals surface area contributed by atoms with Crippen LogP contribution in [0.5, 0.6) is 0 Å². The normalized spacial score (nSPS) is 27.7. The van der Waals surface area contributed by atoms with E-state index in [9.17, 15) is 4.79 Å². The molecular weight excluding hydrogens is 190 g/mol. The molecule has 1 fully saturated rings. The molecule has 88 valence electrons. The zero-order valence-corrected chi connectivity index (χ0v) is 10.0. The number of hydrogen-bond acceptors (Lipinski definition) is 3. The molecular formula is C11H23N3O. The van der Waals surface area contributed by atoms with Gasteiger partial charge in [0, 0.05) is 25.0 Å². The fraction of sp³-hybridized carbons (Fsp3) is 0.909. The highest BCUT2D eigenvalue weighted by molar-refractivity contribution is 5.75. The maximum absolute atomic E-state index is 11.6. The van der Waals surface area contributed by atoms with Gasteiger partial charge in [-0.25, -0.2) is 5.01 Å². The number of hydrogen-bond donors (Lipinski definition) is 2. The van der Waals surface area contributed by atoms with E-state index in [2.05, 4.69) is 29.6 Å². The summed E-state index contributed by atoms with van der Waals surface area (Å²) in [6.07, 6.45) is 4.17. The third kappa shape index (κ3) is 3.80. The second-order valence-corrected chi connectivity index (χ2v) is 4.42. The van der Waals surface area contributed by atoms with Crippen LogP contribution in [0.15, 0.2) is 0 Å². The first-order valence-corrected chi connectivity index (χ1v) is 5.87. The molecule has 1 rings (SSSR count). The quantitative estimate of drug-likeness (QED) is 0.729. The predicted molar refractivity (Wildman–Crippen MR) is 61.3 cm³/mol. The summed E-state index contributed by atoms with van der Waals surface area (Å²) in [6.45, 7) is 5.09. The van der Waals surface area contributed by atoms with E-state index < -0.39 is 0 Å². The van der Waals surface area contributed by atoms with Crippen LogP contribution >= 0.6 is 0 Å². The molecule has 15 heavy (non-hydrogen) atoms. The molecule has 1 aliphatic rings. The molecule has 1 saturated heterocycles. The van der Waals surface area contributed by atoms with Gasteiger partial charge in [-0.1, -0.05) is 6.42 Å². The van der Waals surface area contributed by atoms with Crippen molar-refractivity contribution in [2.24, 2.45) is 0 Å². The van der Waals surface area contributed by atoms with Crippen LogP contribution in [0.2, 0.25) is 0 Å². The average molecular weight is 213 g/mol. The van der Waals surface area contributed by atoms with Crippen molar-refractivity contribution < 1.29 is 4.79 Å². The fourth-order valence-corrected chi connectivity index (χ4v) is 2.08. The fourth-order valence-electron chi connectivity index (χ4n) is 2.08. The molecule has 1 heterocycles. The molecule has 1 aliphatic heterocycles. The van der Waals surface area contributed by atoms with Gasteiger partial charge in [-0.3, -0.25) is 10.2 Å². The Morgan fingerprint density at radius 3 is 2.47 bits per heavy atom. The minimum atomic E-state index is 0.116. The number of nitrogens with zero attached hydrogens (tertiary/aromatic N) is 1. The van der Waals surface area contributed by atoms with Crippen LogP contribution in [0.1, 0.15) is 39.5 Å². The summed E-state index contributed by atoms with van der Waals surface area (Å²) in [7, 11) is 1.86. The van der Waals surface area contributed by atoms with Crippen molar-refractivity contribution in [3.05, 3.63) is 0 Å². The van der Waals surface area contributed by atoms with E-state index >= 15 is 0 Å². The second-order valence-electron chi connectivity index (χ2n) is 4.42. The van der Waals surface area contributed by atoms with Gasteiger partial charge in [0.2, 0.25) is 5.91 Å². The van der Waals surface area contributed by atoms with Gasteiger partial charge in [-0.15, -0.1) is 0 Å². The summed E-state index contributed by atoms with van der Waals surface area (Å²) in [5.74, 6) is 0.116. The van der Waals surface area contributed by atoms with Gasteiger partial charge in [0.15, 0.2) is 0 Å². The molecule has 0 aromatic heterocycles. The first-order valence-electron chi connectivity index (χ1n) is 5.87. The van der Waals surface area contributed by atoms with Crippen LogP contribution in [-0.2, 0) is 4.79 Å². The van der Waals surface area contributed by atoms with Crippen LogP contribution < -0.4 is 10.7 Å². The highest BCUT2D eigenvalue weighted by atomic mass is 16.2. The van der Waals surface area contributed by atoms with Crippen molar-refractivity contribution in [2.45, 2.75) is 51.6 Å². The molecule has 2 atom stereocenters. The summed E-state index contributed by atoms with van der Waals surface area (Å²) < 4.78 is 0. The summed E-state index contributed by atoms with van der Waals surface area (Å²) in [5, 5.41) is 5.09. The van der Waals surface area contributed by atoms with E-state index in [0.717, 1.165) is 6.54 Å². The monoisotopic (exact) mass is 213 g/mol. The van der Waals surface area contributed by atoms with Gasteiger partial charge in [0.1, 0.15) is 0 Å². The maximum Gasteiger partial charge on any atom is 0.235 e. The Labute approximate surface area is 92.4 Å². The predicted octanol–water partition coefficient (Wildman–Crippen LogP) is 0.890. The Morgan fingerprint density at radius 1 is 1.33 bits per heavy atom. The van der Waals surface area contributed by atoms with Crippen molar-refractivity contribution >= 4 is 5.91 Å². The molecule has 0 aromatic carbocycles. The van der Waals surface area contributed by atoms with Crippen LogP contribution in [0, 0.1) is 0 Å². The lowest BCUT2D eigenvalue weighted by Crippen LogP contribution is -2.54.